The van der Waals surface area contributed by atoms with Gasteiger partial charge >= 0.3 is 0 Å². The summed E-state index contributed by atoms with van der Waals surface area (Å²) in [5.41, 5.74) is 9.09. The lowest BCUT2D eigenvalue weighted by Gasteiger charge is -2.22. The molecule has 0 aliphatic heterocycles. The molecule has 0 unspecified atom stereocenters. The van der Waals surface area contributed by atoms with Crippen molar-refractivity contribution in [2.75, 3.05) is 12.3 Å². The van der Waals surface area contributed by atoms with Crippen LogP contribution in [0.15, 0.2) is 48.7 Å². The van der Waals surface area contributed by atoms with Crippen molar-refractivity contribution in [3.05, 3.63) is 59.9 Å². The van der Waals surface area contributed by atoms with E-state index in [-0.39, 0.29) is 0 Å². The van der Waals surface area contributed by atoms with Crippen molar-refractivity contribution in [2.45, 2.75) is 31.8 Å². The van der Waals surface area contributed by atoms with Crippen molar-refractivity contribution in [1.82, 2.24) is 9.88 Å². The van der Waals surface area contributed by atoms with Gasteiger partial charge in [0.1, 0.15) is 0 Å². The van der Waals surface area contributed by atoms with Gasteiger partial charge in [-0.05, 0) is 42.7 Å². The SMILES string of the molecule is Nc1ccc(CN(CCc2ccccn2)C2CC2)cc1. The Morgan fingerprint density at radius 1 is 1.10 bits per heavy atom. The number of rotatable bonds is 6. The smallest absolute Gasteiger partial charge is 0.0416 e. The summed E-state index contributed by atoms with van der Waals surface area (Å²) in [5.74, 6) is 0. The topological polar surface area (TPSA) is 42.1 Å². The summed E-state index contributed by atoms with van der Waals surface area (Å²) in [6, 6.07) is 15.1. The maximum atomic E-state index is 5.74. The average molecular weight is 267 g/mol. The van der Waals surface area contributed by atoms with E-state index < -0.39 is 0 Å². The minimum absolute atomic E-state index is 0.760. The van der Waals surface area contributed by atoms with Crippen LogP contribution in [0.5, 0.6) is 0 Å². The first kappa shape index (κ1) is 13.1. The molecule has 2 aromatic rings. The second-order valence-corrected chi connectivity index (χ2v) is 5.51. The summed E-state index contributed by atoms with van der Waals surface area (Å²) < 4.78 is 0. The molecule has 0 bridgehead atoms. The maximum Gasteiger partial charge on any atom is 0.0416 e. The average Bonchev–Trinajstić information content (AvgIpc) is 3.31. The molecule has 1 aromatic heterocycles. The molecule has 1 heterocycles. The first-order chi connectivity index (χ1) is 9.81. The molecule has 0 spiro atoms. The van der Waals surface area contributed by atoms with E-state index in [1.807, 2.05) is 24.4 Å². The predicted molar refractivity (Wildman–Crippen MR) is 82.2 cm³/mol. The van der Waals surface area contributed by atoms with Gasteiger partial charge in [-0.15, -0.1) is 0 Å². The van der Waals surface area contributed by atoms with Gasteiger partial charge in [-0.2, -0.15) is 0 Å². The molecule has 0 radical (unpaired) electrons. The van der Waals surface area contributed by atoms with Crippen LogP contribution in [-0.4, -0.2) is 22.5 Å². The van der Waals surface area contributed by atoms with E-state index in [4.69, 9.17) is 5.73 Å². The Hall–Kier alpha value is -1.87. The van der Waals surface area contributed by atoms with Crippen LogP contribution in [0.1, 0.15) is 24.1 Å². The molecule has 104 valence electrons. The number of aromatic nitrogens is 1. The quantitative estimate of drug-likeness (QED) is 0.818. The van der Waals surface area contributed by atoms with Crippen LogP contribution in [0.4, 0.5) is 5.69 Å². The molecule has 2 N–H and O–H groups in total. The molecule has 0 amide bonds. The van der Waals surface area contributed by atoms with Crippen LogP contribution >= 0.6 is 0 Å². The Morgan fingerprint density at radius 2 is 1.90 bits per heavy atom. The highest BCUT2D eigenvalue weighted by Crippen LogP contribution is 2.28. The van der Waals surface area contributed by atoms with Crippen molar-refractivity contribution >= 4 is 5.69 Å². The lowest BCUT2D eigenvalue weighted by atomic mass is 10.2. The largest absolute Gasteiger partial charge is 0.399 e. The molecule has 0 saturated heterocycles. The van der Waals surface area contributed by atoms with Gasteiger partial charge < -0.3 is 5.73 Å². The highest BCUT2D eigenvalue weighted by molar-refractivity contribution is 5.39. The standard InChI is InChI=1S/C17H21N3/c18-15-6-4-14(5-7-15)13-20(17-8-9-17)12-10-16-3-1-2-11-19-16/h1-7,11,17H,8-10,12-13,18H2. The highest BCUT2D eigenvalue weighted by atomic mass is 15.2. The monoisotopic (exact) mass is 267 g/mol. The second-order valence-electron chi connectivity index (χ2n) is 5.51. The number of nitrogens with zero attached hydrogens (tertiary/aromatic N) is 2. The number of nitrogens with two attached hydrogens (primary N) is 1. The van der Waals surface area contributed by atoms with Crippen LogP contribution in [-0.2, 0) is 13.0 Å². The third-order valence-electron chi connectivity index (χ3n) is 3.81. The summed E-state index contributed by atoms with van der Waals surface area (Å²) in [6.45, 7) is 2.09. The summed E-state index contributed by atoms with van der Waals surface area (Å²) in [7, 11) is 0. The van der Waals surface area contributed by atoms with Gasteiger partial charge in [0.2, 0.25) is 0 Å². The highest BCUT2D eigenvalue weighted by Gasteiger charge is 2.28. The summed E-state index contributed by atoms with van der Waals surface area (Å²) in [6.07, 6.45) is 5.55. The summed E-state index contributed by atoms with van der Waals surface area (Å²) >= 11 is 0. The minimum Gasteiger partial charge on any atom is -0.399 e. The Kier molecular flexibility index (Phi) is 3.97. The first-order valence-corrected chi connectivity index (χ1v) is 7.29. The van der Waals surface area contributed by atoms with Crippen molar-refractivity contribution in [3.8, 4) is 0 Å². The molecular weight excluding hydrogens is 246 g/mol. The molecule has 1 saturated carbocycles. The zero-order valence-electron chi connectivity index (χ0n) is 11.7. The van der Waals surface area contributed by atoms with Gasteiger partial charge in [0.05, 0.1) is 0 Å². The fourth-order valence-electron chi connectivity index (χ4n) is 2.49. The molecule has 3 heteroatoms. The predicted octanol–water partition coefficient (Wildman–Crippen LogP) is 2.87. The molecule has 3 nitrogen and oxygen atoms in total. The number of hydrogen-bond donors (Lipinski definition) is 1. The number of hydrogen-bond acceptors (Lipinski definition) is 3. The fourth-order valence-corrected chi connectivity index (χ4v) is 2.49. The Morgan fingerprint density at radius 3 is 2.55 bits per heavy atom. The van der Waals surface area contributed by atoms with Crippen LogP contribution in [0.25, 0.3) is 0 Å². The first-order valence-electron chi connectivity index (χ1n) is 7.29. The Labute approximate surface area is 120 Å². The van der Waals surface area contributed by atoms with Crippen LogP contribution in [0.2, 0.25) is 0 Å². The van der Waals surface area contributed by atoms with E-state index >= 15 is 0 Å². The van der Waals surface area contributed by atoms with E-state index in [0.717, 1.165) is 31.2 Å². The van der Waals surface area contributed by atoms with Gasteiger partial charge in [-0.3, -0.25) is 9.88 Å². The Bertz CT molecular complexity index is 532. The zero-order valence-corrected chi connectivity index (χ0v) is 11.7. The molecule has 0 atom stereocenters. The lowest BCUT2D eigenvalue weighted by Crippen LogP contribution is -2.28. The maximum absolute atomic E-state index is 5.74. The van der Waals surface area contributed by atoms with Gasteiger partial charge in [0.25, 0.3) is 0 Å². The lowest BCUT2D eigenvalue weighted by molar-refractivity contribution is 0.257. The number of pyridine rings is 1. The third kappa shape index (κ3) is 3.58. The Balaban J connectivity index is 1.60. The molecule has 1 fully saturated rings. The fraction of sp³-hybridized carbons (Fsp3) is 0.353. The molecular formula is C17H21N3. The van der Waals surface area contributed by atoms with Crippen molar-refractivity contribution in [3.63, 3.8) is 0 Å². The van der Waals surface area contributed by atoms with Gasteiger partial charge in [-0.1, -0.05) is 18.2 Å². The van der Waals surface area contributed by atoms with Crippen molar-refractivity contribution in [2.24, 2.45) is 0 Å². The van der Waals surface area contributed by atoms with E-state index in [9.17, 15) is 0 Å². The van der Waals surface area contributed by atoms with E-state index in [1.54, 1.807) is 0 Å². The van der Waals surface area contributed by atoms with Gasteiger partial charge in [0, 0.05) is 43.1 Å². The van der Waals surface area contributed by atoms with E-state index in [2.05, 4.69) is 34.1 Å². The molecule has 20 heavy (non-hydrogen) atoms. The van der Waals surface area contributed by atoms with Crippen LogP contribution < -0.4 is 5.73 Å². The zero-order chi connectivity index (χ0) is 13.8. The van der Waals surface area contributed by atoms with E-state index in [0.29, 0.717) is 0 Å². The molecule has 1 aliphatic rings. The van der Waals surface area contributed by atoms with Gasteiger partial charge in [-0.25, -0.2) is 0 Å². The van der Waals surface area contributed by atoms with Crippen molar-refractivity contribution in [1.29, 1.82) is 0 Å². The normalized spacial score (nSPS) is 14.7. The van der Waals surface area contributed by atoms with Gasteiger partial charge in [0.15, 0.2) is 0 Å². The summed E-state index contributed by atoms with van der Waals surface area (Å²) in [4.78, 5) is 6.98. The number of anilines is 1. The molecule has 3 rings (SSSR count). The molecule has 1 aliphatic carbocycles. The minimum atomic E-state index is 0.760. The third-order valence-corrected chi connectivity index (χ3v) is 3.81. The van der Waals surface area contributed by atoms with Crippen molar-refractivity contribution < 1.29 is 0 Å². The van der Waals surface area contributed by atoms with Crippen LogP contribution in [0, 0.1) is 0 Å². The molecule has 1 aromatic carbocycles. The summed E-state index contributed by atoms with van der Waals surface area (Å²) in [5, 5.41) is 0. The second kappa shape index (κ2) is 6.06. The van der Waals surface area contributed by atoms with Crippen LogP contribution in [0.3, 0.4) is 0 Å². The van der Waals surface area contributed by atoms with E-state index in [1.165, 1.54) is 24.1 Å². The number of nitrogen functional groups attached to an aromatic ring is 1. The number of benzene rings is 1.